The number of hydrogen-bond acceptors (Lipinski definition) is 4. The van der Waals surface area contributed by atoms with Gasteiger partial charge in [-0.05, 0) is 47.4 Å². The van der Waals surface area contributed by atoms with Crippen LogP contribution in [0.2, 0.25) is 0 Å². The third-order valence-corrected chi connectivity index (χ3v) is 4.64. The van der Waals surface area contributed by atoms with Crippen LogP contribution in [0.15, 0.2) is 67.4 Å². The molecule has 2 aromatic carbocycles. The van der Waals surface area contributed by atoms with E-state index in [0.717, 1.165) is 39.6 Å². The van der Waals surface area contributed by atoms with Crippen LogP contribution in [0.5, 0.6) is 5.75 Å². The molecule has 0 radical (unpaired) electrons. The summed E-state index contributed by atoms with van der Waals surface area (Å²) < 4.78 is 18.3. The highest BCUT2D eigenvalue weighted by atomic mass is 19.1. The maximum Gasteiger partial charge on any atom is 0.130 e. The van der Waals surface area contributed by atoms with Crippen LogP contribution in [0.25, 0.3) is 5.70 Å². The first kappa shape index (κ1) is 20.4. The summed E-state index contributed by atoms with van der Waals surface area (Å²) in [4.78, 5) is 4.56. The number of aromatic nitrogens is 1. The summed E-state index contributed by atoms with van der Waals surface area (Å²) >= 11 is 0. The Bertz CT molecular complexity index is 984. The van der Waals surface area contributed by atoms with Gasteiger partial charge < -0.3 is 15.4 Å². The summed E-state index contributed by atoms with van der Waals surface area (Å²) in [6.45, 7) is 9.03. The Balaban J connectivity index is 1.76. The molecule has 0 saturated carbocycles. The van der Waals surface area contributed by atoms with Gasteiger partial charge in [0.2, 0.25) is 0 Å². The van der Waals surface area contributed by atoms with E-state index >= 15 is 0 Å². The molecule has 0 aliphatic rings. The molecule has 0 atom stereocenters. The maximum absolute atomic E-state index is 13.1. The lowest BCUT2D eigenvalue weighted by atomic mass is 9.97. The topological polar surface area (TPSA) is 46.2 Å². The Labute approximate surface area is 171 Å². The highest BCUT2D eigenvalue weighted by Gasteiger charge is 2.12. The average molecular weight is 391 g/mol. The Morgan fingerprint density at radius 3 is 2.59 bits per heavy atom. The van der Waals surface area contributed by atoms with E-state index in [4.69, 9.17) is 4.74 Å². The van der Waals surface area contributed by atoms with E-state index in [0.29, 0.717) is 12.5 Å². The summed E-state index contributed by atoms with van der Waals surface area (Å²) in [7, 11) is 1.65. The van der Waals surface area contributed by atoms with Gasteiger partial charge in [0, 0.05) is 35.8 Å². The molecular weight excluding hydrogens is 365 g/mol. The van der Waals surface area contributed by atoms with Crippen molar-refractivity contribution in [3.8, 4) is 5.75 Å². The number of rotatable bonds is 8. The summed E-state index contributed by atoms with van der Waals surface area (Å²) in [6, 6.07) is 16.2. The molecule has 29 heavy (non-hydrogen) atoms. The molecule has 150 valence electrons. The molecular formula is C24H26FN3O. The van der Waals surface area contributed by atoms with E-state index in [1.807, 2.05) is 36.5 Å². The molecule has 0 unspecified atom stereocenters. The first-order valence-electron chi connectivity index (χ1n) is 9.55. The number of nitrogens with zero attached hydrogens (tertiary/aromatic N) is 1. The largest absolute Gasteiger partial charge is 0.497 e. The zero-order valence-electron chi connectivity index (χ0n) is 17.0. The van der Waals surface area contributed by atoms with Crippen molar-refractivity contribution in [1.82, 2.24) is 10.3 Å². The average Bonchev–Trinajstić information content (AvgIpc) is 2.73. The number of benzene rings is 2. The number of methoxy groups -OCH3 is 1. The van der Waals surface area contributed by atoms with Crippen LogP contribution in [-0.2, 0) is 6.54 Å². The fourth-order valence-corrected chi connectivity index (χ4v) is 3.02. The Hall–Kier alpha value is -3.34. The summed E-state index contributed by atoms with van der Waals surface area (Å²) in [5, 5.41) is 6.65. The van der Waals surface area contributed by atoms with Gasteiger partial charge in [0.1, 0.15) is 17.4 Å². The number of halogens is 1. The zero-order valence-corrected chi connectivity index (χ0v) is 17.0. The number of pyridine rings is 1. The normalized spacial score (nSPS) is 10.7. The van der Waals surface area contributed by atoms with Gasteiger partial charge >= 0.3 is 0 Å². The van der Waals surface area contributed by atoms with Gasteiger partial charge in [0.25, 0.3) is 0 Å². The predicted octanol–water partition coefficient (Wildman–Crippen LogP) is 5.86. The number of hydrogen-bond donors (Lipinski definition) is 2. The number of ether oxygens (including phenoxy) is 1. The van der Waals surface area contributed by atoms with Crippen molar-refractivity contribution in [1.29, 1.82) is 0 Å². The lowest BCUT2D eigenvalue weighted by Gasteiger charge is -2.18. The van der Waals surface area contributed by atoms with Crippen LogP contribution in [0.3, 0.4) is 0 Å². The summed E-state index contributed by atoms with van der Waals surface area (Å²) in [5.41, 5.74) is 4.80. The smallest absolute Gasteiger partial charge is 0.130 e. The van der Waals surface area contributed by atoms with Crippen LogP contribution < -0.4 is 15.4 Å². The third-order valence-electron chi connectivity index (χ3n) is 4.64. The van der Waals surface area contributed by atoms with Crippen molar-refractivity contribution >= 4 is 17.2 Å². The second-order valence-corrected chi connectivity index (χ2v) is 7.13. The maximum atomic E-state index is 13.1. The van der Waals surface area contributed by atoms with Crippen LogP contribution in [0.1, 0.15) is 36.5 Å². The van der Waals surface area contributed by atoms with Crippen LogP contribution in [0.4, 0.5) is 15.9 Å². The second-order valence-electron chi connectivity index (χ2n) is 7.13. The Morgan fingerprint density at radius 2 is 1.90 bits per heavy atom. The molecule has 0 bridgehead atoms. The molecule has 3 rings (SSSR count). The predicted molar refractivity (Wildman–Crippen MR) is 117 cm³/mol. The summed E-state index contributed by atoms with van der Waals surface area (Å²) in [5.74, 6) is 1.60. The molecule has 2 N–H and O–H groups in total. The highest BCUT2D eigenvalue weighted by molar-refractivity contribution is 5.68. The van der Waals surface area contributed by atoms with E-state index in [-0.39, 0.29) is 5.82 Å². The van der Waals surface area contributed by atoms with E-state index in [9.17, 15) is 4.39 Å². The van der Waals surface area contributed by atoms with Crippen LogP contribution in [0, 0.1) is 5.82 Å². The molecule has 3 aromatic rings. The van der Waals surface area contributed by atoms with Gasteiger partial charge in [-0.25, -0.2) is 9.37 Å². The van der Waals surface area contributed by atoms with E-state index in [1.165, 1.54) is 12.1 Å². The molecule has 5 heteroatoms. The zero-order chi connectivity index (χ0) is 20.8. The minimum Gasteiger partial charge on any atom is -0.497 e. The molecule has 1 heterocycles. The minimum absolute atomic E-state index is 0.238. The van der Waals surface area contributed by atoms with Gasteiger partial charge in [-0.2, -0.15) is 0 Å². The van der Waals surface area contributed by atoms with E-state index in [2.05, 4.69) is 36.0 Å². The third kappa shape index (κ3) is 5.35. The molecule has 0 fully saturated rings. The molecule has 0 aliphatic heterocycles. The van der Waals surface area contributed by atoms with Gasteiger partial charge in [0.05, 0.1) is 7.11 Å². The number of anilines is 2. The lowest BCUT2D eigenvalue weighted by Crippen LogP contribution is -2.13. The van der Waals surface area contributed by atoms with E-state index in [1.54, 1.807) is 19.2 Å². The Morgan fingerprint density at radius 1 is 1.14 bits per heavy atom. The standard InChI is InChI=1S/C24H26FN3O/c1-16(2)22-13-24(28-20-6-5-7-21(12-20)29-4)27-15-23(22)17(3)26-14-18-8-10-19(25)11-9-18/h5-13,15-16,26H,3,14H2,1-2,4H3,(H,27,28). The monoisotopic (exact) mass is 391 g/mol. The van der Waals surface area contributed by atoms with Crippen molar-refractivity contribution in [2.75, 3.05) is 12.4 Å². The molecule has 4 nitrogen and oxygen atoms in total. The molecule has 0 aliphatic carbocycles. The Kier molecular flexibility index (Phi) is 6.50. The molecule has 0 spiro atoms. The van der Waals surface area contributed by atoms with Crippen molar-refractivity contribution in [2.24, 2.45) is 0 Å². The quantitative estimate of drug-likeness (QED) is 0.505. The fourth-order valence-electron chi connectivity index (χ4n) is 3.02. The SMILES string of the molecule is C=C(NCc1ccc(F)cc1)c1cnc(Nc2cccc(OC)c2)cc1C(C)C. The van der Waals surface area contributed by atoms with Crippen LogP contribution in [-0.4, -0.2) is 12.1 Å². The highest BCUT2D eigenvalue weighted by Crippen LogP contribution is 2.28. The van der Waals surface area contributed by atoms with Gasteiger partial charge in [-0.1, -0.05) is 38.6 Å². The van der Waals surface area contributed by atoms with Gasteiger partial charge in [0.15, 0.2) is 0 Å². The van der Waals surface area contributed by atoms with Crippen molar-refractivity contribution in [2.45, 2.75) is 26.3 Å². The summed E-state index contributed by atoms with van der Waals surface area (Å²) in [6.07, 6.45) is 1.83. The van der Waals surface area contributed by atoms with Crippen LogP contribution >= 0.6 is 0 Å². The first-order chi connectivity index (χ1) is 14.0. The van der Waals surface area contributed by atoms with Crippen molar-refractivity contribution in [3.05, 3.63) is 89.9 Å². The van der Waals surface area contributed by atoms with Gasteiger partial charge in [-0.3, -0.25) is 0 Å². The molecule has 1 aromatic heterocycles. The second kappa shape index (κ2) is 9.24. The minimum atomic E-state index is -0.238. The van der Waals surface area contributed by atoms with Crippen molar-refractivity contribution in [3.63, 3.8) is 0 Å². The molecule has 0 amide bonds. The van der Waals surface area contributed by atoms with E-state index < -0.39 is 0 Å². The lowest BCUT2D eigenvalue weighted by molar-refractivity contribution is 0.415. The first-order valence-corrected chi connectivity index (χ1v) is 9.55. The van der Waals surface area contributed by atoms with Gasteiger partial charge in [-0.15, -0.1) is 0 Å². The van der Waals surface area contributed by atoms with Crippen molar-refractivity contribution < 1.29 is 9.13 Å². The fraction of sp³-hybridized carbons (Fsp3) is 0.208. The molecule has 0 saturated heterocycles. The number of nitrogens with one attached hydrogen (secondary N) is 2.